The second-order valence-corrected chi connectivity index (χ2v) is 7.88. The Hall–Kier alpha value is -3.10. The molecule has 1 unspecified atom stereocenters. The number of rotatable bonds is 9. The highest BCUT2D eigenvalue weighted by molar-refractivity contribution is 7.13. The maximum Gasteiger partial charge on any atom is 0.341 e. The van der Waals surface area contributed by atoms with E-state index in [1.54, 1.807) is 6.07 Å². The zero-order valence-corrected chi connectivity index (χ0v) is 19.3. The van der Waals surface area contributed by atoms with Gasteiger partial charge in [-0.3, -0.25) is 0 Å². The monoisotopic (exact) mass is 455 g/mol. The predicted octanol–water partition coefficient (Wildman–Crippen LogP) is 5.14. The van der Waals surface area contributed by atoms with Crippen molar-refractivity contribution in [3.05, 3.63) is 46.8 Å². The van der Waals surface area contributed by atoms with Crippen molar-refractivity contribution in [2.75, 3.05) is 34.0 Å². The molecule has 1 aromatic heterocycles. The lowest BCUT2D eigenvalue weighted by Gasteiger charge is -2.13. The summed E-state index contributed by atoms with van der Waals surface area (Å²) >= 11 is 1.52. The molecule has 0 radical (unpaired) electrons. The van der Waals surface area contributed by atoms with Gasteiger partial charge in [-0.2, -0.15) is 0 Å². The highest BCUT2D eigenvalue weighted by Crippen LogP contribution is 2.42. The molecule has 0 spiro atoms. The molecule has 7 nitrogen and oxygen atoms in total. The first-order valence-electron chi connectivity index (χ1n) is 10.4. The van der Waals surface area contributed by atoms with Crippen LogP contribution in [0, 0.1) is 0 Å². The number of aromatic nitrogens is 1. The molecule has 168 valence electrons. The molecule has 0 aliphatic carbocycles. The fraction of sp³-hybridized carbons (Fsp3) is 0.333. The number of epoxide rings is 1. The summed E-state index contributed by atoms with van der Waals surface area (Å²) in [5, 5.41) is 2.80. The fourth-order valence-electron chi connectivity index (χ4n) is 3.48. The molecule has 2 aromatic carbocycles. The van der Waals surface area contributed by atoms with E-state index in [0.717, 1.165) is 27.4 Å². The van der Waals surface area contributed by atoms with E-state index in [-0.39, 0.29) is 6.10 Å². The van der Waals surface area contributed by atoms with Gasteiger partial charge >= 0.3 is 5.97 Å². The first-order chi connectivity index (χ1) is 15.6. The van der Waals surface area contributed by atoms with Gasteiger partial charge in [-0.05, 0) is 44.2 Å². The summed E-state index contributed by atoms with van der Waals surface area (Å²) in [6, 6.07) is 9.52. The van der Waals surface area contributed by atoms with Crippen molar-refractivity contribution in [1.29, 1.82) is 0 Å². The van der Waals surface area contributed by atoms with Crippen LogP contribution >= 0.6 is 11.3 Å². The Kier molecular flexibility index (Phi) is 6.62. The number of benzene rings is 2. The van der Waals surface area contributed by atoms with E-state index in [4.69, 9.17) is 28.7 Å². The maximum atomic E-state index is 12.4. The summed E-state index contributed by atoms with van der Waals surface area (Å²) in [4.78, 5) is 17.2. The van der Waals surface area contributed by atoms with Gasteiger partial charge in [0.05, 0.1) is 39.7 Å². The smallest absolute Gasteiger partial charge is 0.341 e. The maximum absolute atomic E-state index is 12.4. The number of carbonyl (C=O) groups excluding carboxylic acids is 1. The molecule has 0 amide bonds. The Morgan fingerprint density at radius 3 is 2.50 bits per heavy atom. The molecule has 1 aliphatic rings. The summed E-state index contributed by atoms with van der Waals surface area (Å²) < 4.78 is 27.3. The molecule has 0 saturated carbocycles. The lowest BCUT2D eigenvalue weighted by Crippen LogP contribution is -2.07. The number of carbonyl (C=O) groups is 1. The van der Waals surface area contributed by atoms with E-state index in [2.05, 4.69) is 0 Å². The number of nitrogens with zero attached hydrogens (tertiary/aromatic N) is 1. The first-order valence-corrected chi connectivity index (χ1v) is 11.2. The van der Waals surface area contributed by atoms with Gasteiger partial charge in [0.2, 0.25) is 0 Å². The van der Waals surface area contributed by atoms with Gasteiger partial charge in [0.1, 0.15) is 22.4 Å². The summed E-state index contributed by atoms with van der Waals surface area (Å²) in [5.74, 6) is 1.41. The Bertz CT molecular complexity index is 1120. The van der Waals surface area contributed by atoms with Crippen molar-refractivity contribution < 1.29 is 28.5 Å². The van der Waals surface area contributed by atoms with Gasteiger partial charge in [0, 0.05) is 22.1 Å². The van der Waals surface area contributed by atoms with Crippen LogP contribution in [0.2, 0.25) is 0 Å². The van der Waals surface area contributed by atoms with Crippen LogP contribution in [0.1, 0.15) is 35.9 Å². The van der Waals surface area contributed by atoms with Gasteiger partial charge in [-0.25, -0.2) is 9.78 Å². The quantitative estimate of drug-likeness (QED) is 0.326. The second kappa shape index (κ2) is 9.58. The summed E-state index contributed by atoms with van der Waals surface area (Å²) in [5.41, 5.74) is 3.66. The molecule has 1 saturated heterocycles. The SMILES string of the molecule is CCOc1ccc(-c2nc(-c3cc(C(=O)OC)c(OC)c(C4CO4)c3)cs2)cc1OCC. The lowest BCUT2D eigenvalue weighted by atomic mass is 10.00. The van der Waals surface area contributed by atoms with Crippen LogP contribution in [0.15, 0.2) is 35.7 Å². The first kappa shape index (κ1) is 22.1. The van der Waals surface area contributed by atoms with Crippen molar-refractivity contribution in [3.63, 3.8) is 0 Å². The number of hydrogen-bond acceptors (Lipinski definition) is 8. The summed E-state index contributed by atoms with van der Waals surface area (Å²) in [6.45, 7) is 5.58. The van der Waals surface area contributed by atoms with E-state index in [0.29, 0.717) is 42.6 Å². The predicted molar refractivity (Wildman–Crippen MR) is 122 cm³/mol. The third kappa shape index (κ3) is 4.42. The van der Waals surface area contributed by atoms with E-state index < -0.39 is 5.97 Å². The van der Waals surface area contributed by atoms with Gasteiger partial charge < -0.3 is 23.7 Å². The standard InChI is InChI=1S/C24H25NO6S/c1-5-29-19-8-7-14(11-20(19)30-6-2)23-25-18(13-32-23)15-9-16(21-12-31-21)22(27-3)17(10-15)24(26)28-4/h7-11,13,21H,5-6,12H2,1-4H3. The van der Waals surface area contributed by atoms with Crippen LogP contribution in [0.25, 0.3) is 21.8 Å². The van der Waals surface area contributed by atoms with E-state index in [9.17, 15) is 4.79 Å². The van der Waals surface area contributed by atoms with Gasteiger partial charge in [-0.1, -0.05) is 0 Å². The molecule has 0 bridgehead atoms. The van der Waals surface area contributed by atoms with Crippen LogP contribution in [0.3, 0.4) is 0 Å². The molecule has 32 heavy (non-hydrogen) atoms. The molecule has 3 aromatic rings. The minimum absolute atomic E-state index is 0.0914. The molecular weight excluding hydrogens is 430 g/mol. The third-order valence-corrected chi connectivity index (χ3v) is 5.89. The van der Waals surface area contributed by atoms with Crippen molar-refractivity contribution in [2.24, 2.45) is 0 Å². The number of methoxy groups -OCH3 is 2. The third-order valence-electron chi connectivity index (χ3n) is 5.00. The largest absolute Gasteiger partial charge is 0.495 e. The highest BCUT2D eigenvalue weighted by atomic mass is 32.1. The highest BCUT2D eigenvalue weighted by Gasteiger charge is 2.32. The number of thiazole rings is 1. The fourth-order valence-corrected chi connectivity index (χ4v) is 4.30. The molecule has 4 rings (SSSR count). The van der Waals surface area contributed by atoms with Crippen molar-refractivity contribution >= 4 is 17.3 Å². The Balaban J connectivity index is 1.73. The van der Waals surface area contributed by atoms with Crippen LogP contribution in [-0.2, 0) is 9.47 Å². The molecule has 1 fully saturated rings. The summed E-state index contributed by atoms with van der Waals surface area (Å²) in [7, 11) is 2.89. The zero-order chi connectivity index (χ0) is 22.7. The minimum atomic E-state index is -0.464. The number of esters is 1. The normalized spacial score (nSPS) is 14.7. The number of ether oxygens (including phenoxy) is 5. The van der Waals surface area contributed by atoms with E-state index >= 15 is 0 Å². The van der Waals surface area contributed by atoms with Crippen LogP contribution in [-0.4, -0.2) is 45.0 Å². The summed E-state index contributed by atoms with van der Waals surface area (Å²) in [6.07, 6.45) is -0.0914. The van der Waals surface area contributed by atoms with Gasteiger partial charge in [0.25, 0.3) is 0 Å². The van der Waals surface area contributed by atoms with Crippen LogP contribution in [0.4, 0.5) is 0 Å². The topological polar surface area (TPSA) is 79.4 Å². The molecule has 1 aliphatic heterocycles. The van der Waals surface area contributed by atoms with Gasteiger partial charge in [-0.15, -0.1) is 11.3 Å². The lowest BCUT2D eigenvalue weighted by molar-refractivity contribution is 0.0597. The molecule has 2 heterocycles. The Labute approximate surface area is 190 Å². The minimum Gasteiger partial charge on any atom is -0.495 e. The average molecular weight is 456 g/mol. The molecule has 1 atom stereocenters. The molecule has 0 N–H and O–H groups in total. The van der Waals surface area contributed by atoms with Crippen LogP contribution < -0.4 is 14.2 Å². The average Bonchev–Trinajstić information content (AvgIpc) is 3.55. The second-order valence-electron chi connectivity index (χ2n) is 7.03. The Morgan fingerprint density at radius 2 is 1.84 bits per heavy atom. The molecular formula is C24H25NO6S. The van der Waals surface area contributed by atoms with Crippen molar-refractivity contribution in [1.82, 2.24) is 4.98 Å². The molecule has 8 heteroatoms. The van der Waals surface area contributed by atoms with E-state index in [1.165, 1.54) is 25.6 Å². The van der Waals surface area contributed by atoms with E-state index in [1.807, 2.05) is 43.5 Å². The van der Waals surface area contributed by atoms with Crippen molar-refractivity contribution in [3.8, 4) is 39.1 Å². The van der Waals surface area contributed by atoms with Gasteiger partial charge in [0.15, 0.2) is 11.5 Å². The number of hydrogen-bond donors (Lipinski definition) is 0. The van der Waals surface area contributed by atoms with Crippen LogP contribution in [0.5, 0.6) is 17.2 Å². The zero-order valence-electron chi connectivity index (χ0n) is 18.5. The Morgan fingerprint density at radius 1 is 1.09 bits per heavy atom. The van der Waals surface area contributed by atoms with Crippen molar-refractivity contribution in [2.45, 2.75) is 20.0 Å².